The fraction of sp³-hybridized carbons (Fsp3) is 0.500. The number of nitrogens with zero attached hydrogens (tertiary/aromatic N) is 1. The van der Waals surface area contributed by atoms with Crippen LogP contribution >= 0.6 is 22.6 Å². The highest BCUT2D eigenvalue weighted by molar-refractivity contribution is 14.1. The summed E-state index contributed by atoms with van der Waals surface area (Å²) >= 11 is 2.29. The van der Waals surface area contributed by atoms with Gasteiger partial charge in [-0.2, -0.15) is 0 Å². The van der Waals surface area contributed by atoms with Crippen LogP contribution in [-0.2, 0) is 5.41 Å². The van der Waals surface area contributed by atoms with Gasteiger partial charge in [0.25, 0.3) is 0 Å². The van der Waals surface area contributed by atoms with Crippen molar-refractivity contribution in [2.45, 2.75) is 33.1 Å². The third-order valence-electron chi connectivity index (χ3n) is 1.78. The summed E-state index contributed by atoms with van der Waals surface area (Å²) in [7, 11) is 0. The first-order chi connectivity index (χ1) is 5.41. The Morgan fingerprint density at radius 2 is 1.92 bits per heavy atom. The Balaban J connectivity index is 3.23. The molecule has 0 saturated carbocycles. The van der Waals surface area contributed by atoms with Crippen molar-refractivity contribution in [3.63, 3.8) is 0 Å². The molecule has 0 amide bonds. The Bertz CT molecular complexity index is 286. The first-order valence-electron chi connectivity index (χ1n) is 4.04. The number of aryl methyl sites for hydroxylation is 1. The number of pyridine rings is 1. The molecule has 0 aliphatic rings. The van der Waals surface area contributed by atoms with Crippen molar-refractivity contribution in [3.05, 3.63) is 27.1 Å². The lowest BCUT2D eigenvalue weighted by Crippen LogP contribution is -2.14. The van der Waals surface area contributed by atoms with Crippen molar-refractivity contribution in [3.8, 4) is 0 Å². The van der Waals surface area contributed by atoms with E-state index in [4.69, 9.17) is 0 Å². The van der Waals surface area contributed by atoms with Crippen molar-refractivity contribution in [2.24, 2.45) is 0 Å². The standard InChI is InChI=1S/C10H14IN/c1-7-5-8(10(2,3)4)9(11)12-6-7/h5-6H,1-4H3. The molecule has 1 heterocycles. The number of aromatic nitrogens is 1. The third-order valence-corrected chi connectivity index (χ3v) is 2.64. The lowest BCUT2D eigenvalue weighted by atomic mass is 9.88. The highest BCUT2D eigenvalue weighted by Gasteiger charge is 2.17. The quantitative estimate of drug-likeness (QED) is 0.523. The van der Waals surface area contributed by atoms with Gasteiger partial charge in [0.2, 0.25) is 0 Å². The lowest BCUT2D eigenvalue weighted by molar-refractivity contribution is 0.582. The molecular weight excluding hydrogens is 261 g/mol. The molecule has 0 bridgehead atoms. The van der Waals surface area contributed by atoms with Gasteiger partial charge >= 0.3 is 0 Å². The Morgan fingerprint density at radius 3 is 2.33 bits per heavy atom. The summed E-state index contributed by atoms with van der Waals surface area (Å²) in [6.07, 6.45) is 1.91. The smallest absolute Gasteiger partial charge is 0.105 e. The predicted molar refractivity (Wildman–Crippen MR) is 60.4 cm³/mol. The van der Waals surface area contributed by atoms with E-state index in [1.54, 1.807) is 0 Å². The zero-order chi connectivity index (χ0) is 9.35. The molecule has 0 atom stereocenters. The van der Waals surface area contributed by atoms with Crippen molar-refractivity contribution < 1.29 is 0 Å². The number of rotatable bonds is 0. The van der Waals surface area contributed by atoms with E-state index in [2.05, 4.69) is 61.3 Å². The molecule has 12 heavy (non-hydrogen) atoms. The van der Waals surface area contributed by atoms with Crippen molar-refractivity contribution in [2.75, 3.05) is 0 Å². The second kappa shape index (κ2) is 3.32. The Kier molecular flexibility index (Phi) is 2.76. The van der Waals surface area contributed by atoms with Crippen molar-refractivity contribution >= 4 is 22.6 Å². The van der Waals surface area contributed by atoms with E-state index in [9.17, 15) is 0 Å². The van der Waals surface area contributed by atoms with Gasteiger partial charge in [0.1, 0.15) is 3.70 Å². The van der Waals surface area contributed by atoms with Crippen LogP contribution in [0.15, 0.2) is 12.3 Å². The lowest BCUT2D eigenvalue weighted by Gasteiger charge is -2.20. The van der Waals surface area contributed by atoms with Gasteiger partial charge in [-0.05, 0) is 46.1 Å². The summed E-state index contributed by atoms with van der Waals surface area (Å²) < 4.78 is 1.12. The topological polar surface area (TPSA) is 12.9 Å². The molecule has 0 aromatic carbocycles. The van der Waals surface area contributed by atoms with Crippen molar-refractivity contribution in [1.29, 1.82) is 0 Å². The molecule has 0 N–H and O–H groups in total. The minimum Gasteiger partial charge on any atom is -0.250 e. The summed E-state index contributed by atoms with van der Waals surface area (Å²) in [5.41, 5.74) is 2.78. The highest BCUT2D eigenvalue weighted by Crippen LogP contribution is 2.26. The minimum absolute atomic E-state index is 0.204. The fourth-order valence-corrected chi connectivity index (χ4v) is 2.18. The molecule has 1 rings (SSSR count). The Labute approximate surface area is 87.7 Å². The number of hydrogen-bond acceptors (Lipinski definition) is 1. The summed E-state index contributed by atoms with van der Waals surface area (Å²) in [4.78, 5) is 4.33. The van der Waals surface area contributed by atoms with E-state index in [0.717, 1.165) is 3.70 Å². The van der Waals surface area contributed by atoms with Crippen LogP contribution in [0.25, 0.3) is 0 Å². The van der Waals surface area contributed by atoms with Gasteiger partial charge in [-0.3, -0.25) is 0 Å². The zero-order valence-electron chi connectivity index (χ0n) is 7.98. The second-order valence-corrected chi connectivity index (χ2v) is 5.12. The number of hydrogen-bond donors (Lipinski definition) is 0. The van der Waals surface area contributed by atoms with E-state index in [1.807, 2.05) is 6.20 Å². The molecule has 0 aliphatic heterocycles. The van der Waals surface area contributed by atoms with Crippen molar-refractivity contribution in [1.82, 2.24) is 4.98 Å². The molecule has 0 saturated heterocycles. The van der Waals surface area contributed by atoms with Gasteiger partial charge in [-0.15, -0.1) is 0 Å². The zero-order valence-corrected chi connectivity index (χ0v) is 10.1. The minimum atomic E-state index is 0.204. The number of halogens is 1. The summed E-state index contributed by atoms with van der Waals surface area (Å²) in [6, 6.07) is 2.22. The largest absolute Gasteiger partial charge is 0.250 e. The normalized spacial score (nSPS) is 11.8. The van der Waals surface area contributed by atoms with Crippen LogP contribution in [0.4, 0.5) is 0 Å². The summed E-state index contributed by atoms with van der Waals surface area (Å²) in [5.74, 6) is 0. The van der Waals surface area contributed by atoms with Crippen LogP contribution in [0.3, 0.4) is 0 Å². The monoisotopic (exact) mass is 275 g/mol. The maximum absolute atomic E-state index is 4.33. The van der Waals surface area contributed by atoms with Gasteiger partial charge in [0.15, 0.2) is 0 Å². The second-order valence-electron chi connectivity index (χ2n) is 4.10. The average Bonchev–Trinajstić information content (AvgIpc) is 1.92. The van der Waals surface area contributed by atoms with E-state index in [-0.39, 0.29) is 5.41 Å². The first-order valence-corrected chi connectivity index (χ1v) is 5.12. The molecular formula is C10H14IN. The SMILES string of the molecule is Cc1cnc(I)c(C(C)(C)C)c1. The van der Waals surface area contributed by atoms with E-state index in [0.29, 0.717) is 0 Å². The van der Waals surface area contributed by atoms with Crippen LogP contribution in [0.5, 0.6) is 0 Å². The molecule has 0 fully saturated rings. The van der Waals surface area contributed by atoms with Crippen LogP contribution in [0, 0.1) is 10.6 Å². The van der Waals surface area contributed by atoms with E-state index in [1.165, 1.54) is 11.1 Å². The van der Waals surface area contributed by atoms with Gasteiger partial charge in [0.05, 0.1) is 0 Å². The Morgan fingerprint density at radius 1 is 1.33 bits per heavy atom. The summed E-state index contributed by atoms with van der Waals surface area (Å²) in [5, 5.41) is 0. The van der Waals surface area contributed by atoms with E-state index < -0.39 is 0 Å². The molecule has 0 aliphatic carbocycles. The molecule has 2 heteroatoms. The summed E-state index contributed by atoms with van der Waals surface area (Å²) in [6.45, 7) is 8.72. The maximum Gasteiger partial charge on any atom is 0.105 e. The third kappa shape index (κ3) is 2.19. The van der Waals surface area contributed by atoms with Crippen LogP contribution in [0.1, 0.15) is 31.9 Å². The van der Waals surface area contributed by atoms with Gasteiger partial charge in [-0.25, -0.2) is 4.98 Å². The van der Waals surface area contributed by atoms with Gasteiger partial charge in [-0.1, -0.05) is 26.8 Å². The molecule has 1 nitrogen and oxygen atoms in total. The van der Waals surface area contributed by atoms with Gasteiger partial charge in [0, 0.05) is 6.20 Å². The highest BCUT2D eigenvalue weighted by atomic mass is 127. The maximum atomic E-state index is 4.33. The van der Waals surface area contributed by atoms with Crippen LogP contribution in [-0.4, -0.2) is 4.98 Å². The molecule has 1 aromatic rings. The van der Waals surface area contributed by atoms with Crippen LogP contribution < -0.4 is 0 Å². The molecule has 0 radical (unpaired) electrons. The molecule has 0 spiro atoms. The molecule has 0 unspecified atom stereocenters. The fourth-order valence-electron chi connectivity index (χ4n) is 1.08. The Hall–Kier alpha value is -0.120. The molecule has 66 valence electrons. The average molecular weight is 275 g/mol. The predicted octanol–water partition coefficient (Wildman–Crippen LogP) is 3.29. The molecule has 1 aromatic heterocycles. The van der Waals surface area contributed by atoms with Crippen LogP contribution in [0.2, 0.25) is 0 Å². The first kappa shape index (κ1) is 9.96. The van der Waals surface area contributed by atoms with E-state index >= 15 is 0 Å². The van der Waals surface area contributed by atoms with Gasteiger partial charge < -0.3 is 0 Å².